The number of carbonyl (C=O) groups excluding carboxylic acids is 1. The summed E-state index contributed by atoms with van der Waals surface area (Å²) in [6, 6.07) is 13.5. The van der Waals surface area contributed by atoms with Gasteiger partial charge in [-0.25, -0.2) is 0 Å². The van der Waals surface area contributed by atoms with Crippen LogP contribution in [0.2, 0.25) is 0 Å². The number of carbonyl (C=O) groups is 1. The fraction of sp³-hybridized carbons (Fsp3) is 0.519. The molecule has 10 nitrogen and oxygen atoms in total. The van der Waals surface area contributed by atoms with E-state index in [9.17, 15) is 13.2 Å². The number of nitrogens with zero attached hydrogens (tertiary/aromatic N) is 1. The SMILES string of the molecule is COCCCN1C(=O)COc2ccc(CO[C@H]3CN[C@H](COS(C)(=O)=O)C[C@@H]3c3ccc(OC)cc3)cc21. The Morgan fingerprint density at radius 2 is 1.92 bits per heavy atom. The Hall–Kier alpha value is -2.70. The molecule has 1 N–H and O–H groups in total. The molecule has 0 spiro atoms. The largest absolute Gasteiger partial charge is 0.497 e. The van der Waals surface area contributed by atoms with Gasteiger partial charge in [0.2, 0.25) is 0 Å². The number of piperidine rings is 1. The summed E-state index contributed by atoms with van der Waals surface area (Å²) >= 11 is 0. The van der Waals surface area contributed by atoms with E-state index in [-0.39, 0.29) is 37.2 Å². The van der Waals surface area contributed by atoms with Crippen molar-refractivity contribution >= 4 is 21.7 Å². The summed E-state index contributed by atoms with van der Waals surface area (Å²) < 4.78 is 50.6. The van der Waals surface area contributed by atoms with Gasteiger partial charge in [-0.3, -0.25) is 8.98 Å². The smallest absolute Gasteiger partial charge is 0.265 e. The van der Waals surface area contributed by atoms with Crippen LogP contribution in [0.15, 0.2) is 42.5 Å². The number of hydrogen-bond acceptors (Lipinski definition) is 9. The van der Waals surface area contributed by atoms with Gasteiger partial charge in [0.05, 0.1) is 38.4 Å². The standard InChI is InChI=1S/C27H36N2O8S/c1-33-12-4-11-29-24-13-19(5-10-25(24)36-18-27(29)30)16-35-26-15-28-21(17-37-38(3,31)32)14-23(26)20-6-8-22(34-2)9-7-20/h5-10,13,21,23,26,28H,4,11-12,14-18H2,1-3H3/t21-,23+,26-/m0/s1. The highest BCUT2D eigenvalue weighted by Crippen LogP contribution is 2.35. The Balaban J connectivity index is 1.47. The van der Waals surface area contributed by atoms with E-state index in [1.165, 1.54) is 0 Å². The van der Waals surface area contributed by atoms with Gasteiger partial charge in [-0.15, -0.1) is 0 Å². The molecular weight excluding hydrogens is 512 g/mol. The molecule has 208 valence electrons. The first kappa shape index (κ1) is 28.3. The van der Waals surface area contributed by atoms with Crippen molar-refractivity contribution in [3.8, 4) is 11.5 Å². The van der Waals surface area contributed by atoms with Gasteiger partial charge < -0.3 is 29.2 Å². The molecule has 0 radical (unpaired) electrons. The highest BCUT2D eigenvalue weighted by atomic mass is 32.2. The fourth-order valence-corrected chi connectivity index (χ4v) is 5.24. The number of amides is 1. The van der Waals surface area contributed by atoms with E-state index in [0.29, 0.717) is 38.5 Å². The fourth-order valence-electron chi connectivity index (χ4n) is 4.83. The molecule has 0 bridgehead atoms. The Morgan fingerprint density at radius 1 is 1.13 bits per heavy atom. The van der Waals surface area contributed by atoms with Gasteiger partial charge in [0.15, 0.2) is 6.61 Å². The Morgan fingerprint density at radius 3 is 2.63 bits per heavy atom. The zero-order valence-electron chi connectivity index (χ0n) is 22.1. The van der Waals surface area contributed by atoms with Crippen LogP contribution in [0.1, 0.15) is 29.9 Å². The predicted octanol–water partition coefficient (Wildman–Crippen LogP) is 2.46. The molecule has 0 aromatic heterocycles. The zero-order chi connectivity index (χ0) is 27.1. The van der Waals surface area contributed by atoms with Gasteiger partial charge in [-0.1, -0.05) is 18.2 Å². The molecule has 2 aliphatic heterocycles. The molecular formula is C27H36N2O8S. The molecule has 1 fully saturated rings. The van der Waals surface area contributed by atoms with Crippen LogP contribution in [0.4, 0.5) is 5.69 Å². The molecule has 11 heteroatoms. The van der Waals surface area contributed by atoms with E-state index in [4.69, 9.17) is 23.1 Å². The van der Waals surface area contributed by atoms with E-state index in [1.807, 2.05) is 42.5 Å². The molecule has 2 heterocycles. The average Bonchev–Trinajstić information content (AvgIpc) is 2.92. The minimum absolute atomic E-state index is 0.0170. The lowest BCUT2D eigenvalue weighted by atomic mass is 9.84. The molecule has 4 rings (SSSR count). The predicted molar refractivity (Wildman–Crippen MR) is 142 cm³/mol. The zero-order valence-corrected chi connectivity index (χ0v) is 22.9. The maximum atomic E-state index is 12.5. The van der Waals surface area contributed by atoms with Gasteiger partial charge in [0.25, 0.3) is 16.0 Å². The van der Waals surface area contributed by atoms with Crippen molar-refractivity contribution in [1.82, 2.24) is 5.32 Å². The number of rotatable bonds is 12. The van der Waals surface area contributed by atoms with Crippen LogP contribution in [-0.2, 0) is 35.2 Å². The van der Waals surface area contributed by atoms with Gasteiger partial charge >= 0.3 is 0 Å². The second-order valence-electron chi connectivity index (χ2n) is 9.54. The maximum Gasteiger partial charge on any atom is 0.265 e. The van der Waals surface area contributed by atoms with Crippen molar-refractivity contribution in [1.29, 1.82) is 0 Å². The van der Waals surface area contributed by atoms with Gasteiger partial charge in [-0.2, -0.15) is 8.42 Å². The van der Waals surface area contributed by atoms with Crippen LogP contribution < -0.4 is 19.7 Å². The molecule has 38 heavy (non-hydrogen) atoms. The first-order valence-electron chi connectivity index (χ1n) is 12.7. The van der Waals surface area contributed by atoms with Gasteiger partial charge in [0.1, 0.15) is 11.5 Å². The van der Waals surface area contributed by atoms with Crippen molar-refractivity contribution in [2.45, 2.75) is 37.5 Å². The highest BCUT2D eigenvalue weighted by Gasteiger charge is 2.33. The Kier molecular flexibility index (Phi) is 9.61. The summed E-state index contributed by atoms with van der Waals surface area (Å²) in [5.74, 6) is 1.38. The quantitative estimate of drug-likeness (QED) is 0.316. The molecule has 0 saturated carbocycles. The van der Waals surface area contributed by atoms with E-state index in [1.54, 1.807) is 19.1 Å². The summed E-state index contributed by atoms with van der Waals surface area (Å²) in [4.78, 5) is 14.3. The van der Waals surface area contributed by atoms with Crippen molar-refractivity contribution in [3.63, 3.8) is 0 Å². The lowest BCUT2D eigenvalue weighted by Gasteiger charge is -2.37. The Bertz CT molecular complexity index is 1190. The lowest BCUT2D eigenvalue weighted by Crippen LogP contribution is -2.49. The highest BCUT2D eigenvalue weighted by molar-refractivity contribution is 7.85. The minimum atomic E-state index is -3.53. The number of methoxy groups -OCH3 is 2. The Labute approximate surface area is 224 Å². The monoisotopic (exact) mass is 548 g/mol. The van der Waals surface area contributed by atoms with Crippen LogP contribution >= 0.6 is 0 Å². The summed E-state index contributed by atoms with van der Waals surface area (Å²) in [7, 11) is -0.263. The summed E-state index contributed by atoms with van der Waals surface area (Å²) in [6.45, 7) is 2.09. The third-order valence-electron chi connectivity index (χ3n) is 6.78. The van der Waals surface area contributed by atoms with Gasteiger partial charge in [0, 0.05) is 38.8 Å². The summed E-state index contributed by atoms with van der Waals surface area (Å²) in [5.41, 5.74) is 2.75. The van der Waals surface area contributed by atoms with Crippen molar-refractivity contribution in [2.24, 2.45) is 0 Å². The van der Waals surface area contributed by atoms with Gasteiger partial charge in [-0.05, 0) is 48.2 Å². The molecule has 2 aromatic rings. The van der Waals surface area contributed by atoms with Crippen molar-refractivity contribution < 1.29 is 36.3 Å². The van der Waals surface area contributed by atoms with Crippen LogP contribution in [0, 0.1) is 0 Å². The number of anilines is 1. The van der Waals surface area contributed by atoms with Crippen LogP contribution in [-0.4, -0.2) is 79.9 Å². The molecule has 2 aliphatic rings. The van der Waals surface area contributed by atoms with Crippen LogP contribution in [0.25, 0.3) is 0 Å². The third-order valence-corrected chi connectivity index (χ3v) is 7.35. The third kappa shape index (κ3) is 7.45. The summed E-state index contributed by atoms with van der Waals surface area (Å²) in [6.07, 6.45) is 2.26. The molecule has 0 unspecified atom stereocenters. The first-order valence-corrected chi connectivity index (χ1v) is 14.5. The molecule has 3 atom stereocenters. The topological polar surface area (TPSA) is 113 Å². The summed E-state index contributed by atoms with van der Waals surface area (Å²) in [5, 5.41) is 3.37. The number of ether oxygens (including phenoxy) is 4. The molecule has 2 aromatic carbocycles. The first-order chi connectivity index (χ1) is 18.3. The maximum absolute atomic E-state index is 12.5. The average molecular weight is 549 g/mol. The molecule has 1 amide bonds. The number of hydrogen-bond donors (Lipinski definition) is 1. The normalized spacial score (nSPS) is 21.6. The molecule has 1 saturated heterocycles. The van der Waals surface area contributed by atoms with Crippen LogP contribution in [0.3, 0.4) is 0 Å². The molecule has 0 aliphatic carbocycles. The number of benzene rings is 2. The van der Waals surface area contributed by atoms with E-state index >= 15 is 0 Å². The van der Waals surface area contributed by atoms with Crippen molar-refractivity contribution in [2.75, 3.05) is 58.3 Å². The minimum Gasteiger partial charge on any atom is -0.497 e. The van der Waals surface area contributed by atoms with E-state index in [2.05, 4.69) is 5.32 Å². The second-order valence-corrected chi connectivity index (χ2v) is 11.2. The number of nitrogens with one attached hydrogen (secondary N) is 1. The second kappa shape index (κ2) is 12.9. The van der Waals surface area contributed by atoms with E-state index in [0.717, 1.165) is 35.2 Å². The van der Waals surface area contributed by atoms with Crippen molar-refractivity contribution in [3.05, 3.63) is 53.6 Å². The lowest BCUT2D eigenvalue weighted by molar-refractivity contribution is -0.121. The number of fused-ring (bicyclic) bond motifs is 1. The van der Waals surface area contributed by atoms with Crippen LogP contribution in [0.5, 0.6) is 11.5 Å². The van der Waals surface area contributed by atoms with E-state index < -0.39 is 10.1 Å².